The van der Waals surface area contributed by atoms with E-state index in [-0.39, 0.29) is 24.7 Å². The molecule has 0 bridgehead atoms. The van der Waals surface area contributed by atoms with Crippen molar-refractivity contribution < 1.29 is 19.1 Å². The van der Waals surface area contributed by atoms with Crippen LogP contribution in [-0.2, 0) is 19.1 Å². The molecule has 1 rings (SSSR count). The first kappa shape index (κ1) is 24.3. The Morgan fingerprint density at radius 1 is 1.32 bits per heavy atom. The van der Waals surface area contributed by atoms with Crippen molar-refractivity contribution >= 4 is 18.3 Å². The van der Waals surface area contributed by atoms with Gasteiger partial charge in [-0.05, 0) is 50.5 Å². The zero-order valence-electron chi connectivity index (χ0n) is 18.0. The Labute approximate surface area is 170 Å². The van der Waals surface area contributed by atoms with Gasteiger partial charge in [0, 0.05) is 19.6 Å². The number of ketones is 1. The molecular weight excluding hydrogens is 354 g/mol. The lowest BCUT2D eigenvalue weighted by molar-refractivity contribution is -0.132. The van der Waals surface area contributed by atoms with Crippen LogP contribution in [0.5, 0.6) is 0 Å². The van der Waals surface area contributed by atoms with Gasteiger partial charge in [0.25, 0.3) is 0 Å². The van der Waals surface area contributed by atoms with Crippen LogP contribution in [-0.4, -0.2) is 44.1 Å². The van der Waals surface area contributed by atoms with Crippen LogP contribution in [0.1, 0.15) is 71.6 Å². The minimum absolute atomic E-state index is 0.0487. The number of aldehydes is 1. The van der Waals surface area contributed by atoms with E-state index in [0.717, 1.165) is 37.7 Å². The molecular formula is C23H37NO4. The first-order valence-corrected chi connectivity index (χ1v) is 10.4. The maximum Gasteiger partial charge on any atom is 0.142 e. The minimum Gasteiger partial charge on any atom is -0.495 e. The molecule has 0 aromatic rings. The Balaban J connectivity index is 3.06. The highest BCUT2D eigenvalue weighted by Gasteiger charge is 2.41. The molecule has 5 heteroatoms. The molecule has 0 N–H and O–H groups in total. The molecule has 0 amide bonds. The van der Waals surface area contributed by atoms with Crippen LogP contribution in [0.3, 0.4) is 0 Å². The Morgan fingerprint density at radius 3 is 2.50 bits per heavy atom. The number of rotatable bonds is 14. The molecule has 0 saturated heterocycles. The number of allylic oxidation sites excluding steroid dienone is 3. The third-order valence-corrected chi connectivity index (χ3v) is 5.95. The molecule has 1 aliphatic carbocycles. The second-order valence-corrected chi connectivity index (χ2v) is 7.67. The minimum atomic E-state index is -0.544. The van der Waals surface area contributed by atoms with Crippen molar-refractivity contribution in [2.75, 3.05) is 14.2 Å². The topological polar surface area (TPSA) is 65.0 Å². The number of carbonyl (C=O) groups is 2. The van der Waals surface area contributed by atoms with Crippen molar-refractivity contribution in [3.63, 3.8) is 0 Å². The number of Topliss-reactive ketones (excluding diaryl/α,β-unsaturated/α-hetero) is 1. The smallest absolute Gasteiger partial charge is 0.142 e. The van der Waals surface area contributed by atoms with E-state index < -0.39 is 5.60 Å². The van der Waals surface area contributed by atoms with Gasteiger partial charge in [0.2, 0.25) is 0 Å². The van der Waals surface area contributed by atoms with Gasteiger partial charge in [-0.3, -0.25) is 9.79 Å². The standard InChI is InChI=1S/C23H37NO4/c1-6-18(3)24-17-22(27-4)19(7-2)12-14-23(28-5,16-21(26)13-15-25)20-10-8-9-11-20/h7,15,17-18,20H,2,6,8-14,16H2,1,3-5H3/b22-19-,24-17?. The van der Waals surface area contributed by atoms with Gasteiger partial charge in [0.05, 0.1) is 25.3 Å². The predicted molar refractivity (Wildman–Crippen MR) is 114 cm³/mol. The largest absolute Gasteiger partial charge is 0.495 e. The number of ether oxygens (including phenoxy) is 2. The summed E-state index contributed by atoms with van der Waals surface area (Å²) in [5.74, 6) is 0.975. The third-order valence-electron chi connectivity index (χ3n) is 5.95. The van der Waals surface area contributed by atoms with Gasteiger partial charge in [0.1, 0.15) is 17.8 Å². The summed E-state index contributed by atoms with van der Waals surface area (Å²) < 4.78 is 11.5. The molecule has 5 nitrogen and oxygen atoms in total. The Hall–Kier alpha value is -1.75. The van der Waals surface area contributed by atoms with Gasteiger partial charge in [0.15, 0.2) is 0 Å². The Morgan fingerprint density at radius 2 is 2.00 bits per heavy atom. The fourth-order valence-electron chi connectivity index (χ4n) is 3.97. The van der Waals surface area contributed by atoms with Gasteiger partial charge < -0.3 is 14.3 Å². The summed E-state index contributed by atoms with van der Waals surface area (Å²) in [6.45, 7) is 8.09. The van der Waals surface area contributed by atoms with Crippen molar-refractivity contribution in [1.29, 1.82) is 0 Å². The summed E-state index contributed by atoms with van der Waals surface area (Å²) in [4.78, 5) is 27.6. The maximum absolute atomic E-state index is 12.3. The van der Waals surface area contributed by atoms with E-state index in [0.29, 0.717) is 30.8 Å². The van der Waals surface area contributed by atoms with Crippen LogP contribution >= 0.6 is 0 Å². The zero-order chi connectivity index (χ0) is 21.0. The fraction of sp³-hybridized carbons (Fsp3) is 0.696. The summed E-state index contributed by atoms with van der Waals surface area (Å²) in [6.07, 6.45) is 11.2. The van der Waals surface area contributed by atoms with Crippen LogP contribution < -0.4 is 0 Å². The molecule has 158 valence electrons. The summed E-state index contributed by atoms with van der Waals surface area (Å²) in [5.41, 5.74) is 0.411. The lowest BCUT2D eigenvalue weighted by atomic mass is 9.77. The van der Waals surface area contributed by atoms with E-state index in [1.807, 2.05) is 0 Å². The van der Waals surface area contributed by atoms with Gasteiger partial charge in [-0.15, -0.1) is 0 Å². The molecule has 0 aromatic carbocycles. The number of nitrogens with zero attached hydrogens (tertiary/aromatic N) is 1. The number of methoxy groups -OCH3 is 2. The van der Waals surface area contributed by atoms with Crippen molar-refractivity contribution in [3.8, 4) is 0 Å². The SMILES string of the molecule is C=C/C(CCC(CC(=O)CC=O)(OC)C1CCCC1)=C(\C=NC(C)CC)OC. The lowest BCUT2D eigenvalue weighted by Crippen LogP contribution is -2.41. The molecule has 0 spiro atoms. The van der Waals surface area contributed by atoms with Crippen LogP contribution in [0.4, 0.5) is 0 Å². The molecule has 0 heterocycles. The molecule has 1 saturated carbocycles. The molecule has 1 aliphatic rings. The van der Waals surface area contributed by atoms with E-state index in [4.69, 9.17) is 9.47 Å². The first-order valence-electron chi connectivity index (χ1n) is 10.4. The van der Waals surface area contributed by atoms with Crippen molar-refractivity contribution in [1.82, 2.24) is 0 Å². The highest BCUT2D eigenvalue weighted by Crippen LogP contribution is 2.42. The molecule has 1 fully saturated rings. The van der Waals surface area contributed by atoms with Gasteiger partial charge in [-0.2, -0.15) is 0 Å². The summed E-state index contributed by atoms with van der Waals surface area (Å²) in [6, 6.07) is 0.230. The van der Waals surface area contributed by atoms with Gasteiger partial charge >= 0.3 is 0 Å². The molecule has 28 heavy (non-hydrogen) atoms. The molecule has 2 atom stereocenters. The maximum atomic E-state index is 12.3. The number of hydrogen-bond acceptors (Lipinski definition) is 5. The molecule has 0 aliphatic heterocycles. The van der Waals surface area contributed by atoms with E-state index in [9.17, 15) is 9.59 Å². The van der Waals surface area contributed by atoms with Crippen molar-refractivity contribution in [3.05, 3.63) is 24.0 Å². The molecule has 0 aromatic heterocycles. The van der Waals surface area contributed by atoms with Crippen LogP contribution in [0.2, 0.25) is 0 Å². The van der Waals surface area contributed by atoms with Gasteiger partial charge in [-0.1, -0.05) is 32.4 Å². The first-order chi connectivity index (χ1) is 13.5. The predicted octanol–water partition coefficient (Wildman–Crippen LogP) is 4.85. The third kappa shape index (κ3) is 7.01. The van der Waals surface area contributed by atoms with E-state index in [1.165, 1.54) is 0 Å². The number of hydrogen-bond donors (Lipinski definition) is 0. The van der Waals surface area contributed by atoms with Crippen LogP contribution in [0.15, 0.2) is 29.0 Å². The fourth-order valence-corrected chi connectivity index (χ4v) is 3.97. The van der Waals surface area contributed by atoms with E-state index >= 15 is 0 Å². The molecule has 0 radical (unpaired) electrons. The normalized spacial score (nSPS) is 19.1. The van der Waals surface area contributed by atoms with Crippen LogP contribution in [0, 0.1) is 5.92 Å². The van der Waals surface area contributed by atoms with Crippen LogP contribution in [0.25, 0.3) is 0 Å². The zero-order valence-corrected chi connectivity index (χ0v) is 18.0. The highest BCUT2D eigenvalue weighted by molar-refractivity contribution is 5.90. The summed E-state index contributed by atoms with van der Waals surface area (Å²) in [7, 11) is 3.32. The van der Waals surface area contributed by atoms with E-state index in [1.54, 1.807) is 26.5 Å². The summed E-state index contributed by atoms with van der Waals surface area (Å²) >= 11 is 0. The quantitative estimate of drug-likeness (QED) is 0.140. The summed E-state index contributed by atoms with van der Waals surface area (Å²) in [5, 5.41) is 0. The van der Waals surface area contributed by atoms with E-state index in [2.05, 4.69) is 25.4 Å². The van der Waals surface area contributed by atoms with Gasteiger partial charge in [-0.25, -0.2) is 0 Å². The number of aliphatic imine (C=N–C) groups is 1. The monoisotopic (exact) mass is 391 g/mol. The Kier molecular flexibility index (Phi) is 11.0. The highest BCUT2D eigenvalue weighted by atomic mass is 16.5. The molecule has 2 unspecified atom stereocenters. The number of carbonyl (C=O) groups excluding carboxylic acids is 2. The van der Waals surface area contributed by atoms with Crippen molar-refractivity contribution in [2.45, 2.75) is 83.3 Å². The second-order valence-electron chi connectivity index (χ2n) is 7.67. The van der Waals surface area contributed by atoms with Crippen molar-refractivity contribution in [2.24, 2.45) is 10.9 Å². The average Bonchev–Trinajstić information content (AvgIpc) is 3.24. The second kappa shape index (κ2) is 12.7. The average molecular weight is 392 g/mol. The Bertz CT molecular complexity index is 575. The lowest BCUT2D eigenvalue weighted by Gasteiger charge is -2.38.